The molecule has 0 aromatic rings. The zero-order valence-corrected chi connectivity index (χ0v) is 6.01. The molecular formula is C6H14N2O2. The third kappa shape index (κ3) is 5.53. The summed E-state index contributed by atoms with van der Waals surface area (Å²) in [7, 11) is 0. The van der Waals surface area contributed by atoms with Gasteiger partial charge in [0.1, 0.15) is 0 Å². The summed E-state index contributed by atoms with van der Waals surface area (Å²) < 4.78 is 4.72. The van der Waals surface area contributed by atoms with Crippen LogP contribution in [0, 0.1) is 0 Å². The van der Waals surface area contributed by atoms with Crippen molar-refractivity contribution in [1.29, 1.82) is 0 Å². The SMILES string of the molecule is NCCCOC(=O)CCN. The number of carbonyl (C=O) groups excluding carboxylic acids is 1. The van der Waals surface area contributed by atoms with Crippen molar-refractivity contribution in [3.05, 3.63) is 0 Å². The van der Waals surface area contributed by atoms with E-state index < -0.39 is 0 Å². The van der Waals surface area contributed by atoms with Gasteiger partial charge in [0.2, 0.25) is 0 Å². The molecule has 0 radical (unpaired) electrons. The lowest BCUT2D eigenvalue weighted by Gasteiger charge is -2.00. The minimum atomic E-state index is -0.240. The standard InChI is InChI=1S/C6H14N2O2/c7-3-1-5-10-6(9)2-4-8/h1-5,7-8H2. The van der Waals surface area contributed by atoms with E-state index >= 15 is 0 Å². The molecule has 0 saturated heterocycles. The Morgan fingerprint density at radius 3 is 2.50 bits per heavy atom. The predicted molar refractivity (Wildman–Crippen MR) is 38.3 cm³/mol. The fraction of sp³-hybridized carbons (Fsp3) is 0.833. The minimum Gasteiger partial charge on any atom is -0.466 e. The van der Waals surface area contributed by atoms with Gasteiger partial charge in [-0.1, -0.05) is 0 Å². The number of ether oxygens (including phenoxy) is 1. The van der Waals surface area contributed by atoms with E-state index in [2.05, 4.69) is 0 Å². The quantitative estimate of drug-likeness (QED) is 0.394. The predicted octanol–water partition coefficient (Wildman–Crippen LogP) is -0.773. The summed E-state index contributed by atoms with van der Waals surface area (Å²) in [5.41, 5.74) is 10.3. The summed E-state index contributed by atoms with van der Waals surface area (Å²) >= 11 is 0. The second kappa shape index (κ2) is 6.51. The van der Waals surface area contributed by atoms with E-state index in [1.54, 1.807) is 0 Å². The molecule has 0 atom stereocenters. The first-order chi connectivity index (χ1) is 4.81. The van der Waals surface area contributed by atoms with Crippen molar-refractivity contribution in [2.75, 3.05) is 19.7 Å². The monoisotopic (exact) mass is 146 g/mol. The van der Waals surface area contributed by atoms with Gasteiger partial charge in [-0.25, -0.2) is 0 Å². The van der Waals surface area contributed by atoms with Crippen LogP contribution in [0.5, 0.6) is 0 Å². The molecule has 4 heteroatoms. The average Bonchev–Trinajstić information content (AvgIpc) is 1.89. The normalized spacial score (nSPS) is 9.40. The Hall–Kier alpha value is -0.610. The molecule has 0 fully saturated rings. The number of hydrogen-bond acceptors (Lipinski definition) is 4. The molecule has 0 heterocycles. The van der Waals surface area contributed by atoms with Gasteiger partial charge in [0.15, 0.2) is 0 Å². The zero-order chi connectivity index (χ0) is 7.82. The molecule has 0 saturated carbocycles. The Morgan fingerprint density at radius 2 is 2.00 bits per heavy atom. The van der Waals surface area contributed by atoms with Crippen molar-refractivity contribution in [2.24, 2.45) is 11.5 Å². The molecule has 0 aliphatic carbocycles. The van der Waals surface area contributed by atoms with Crippen molar-refractivity contribution in [3.63, 3.8) is 0 Å². The van der Waals surface area contributed by atoms with Crippen LogP contribution in [0.3, 0.4) is 0 Å². The second-order valence-electron chi connectivity index (χ2n) is 1.90. The Balaban J connectivity index is 3.05. The van der Waals surface area contributed by atoms with Crippen molar-refractivity contribution >= 4 is 5.97 Å². The number of hydrogen-bond donors (Lipinski definition) is 2. The number of nitrogens with two attached hydrogens (primary N) is 2. The maximum Gasteiger partial charge on any atom is 0.307 e. The van der Waals surface area contributed by atoms with Crippen molar-refractivity contribution in [1.82, 2.24) is 0 Å². The molecule has 0 aromatic heterocycles. The van der Waals surface area contributed by atoms with Crippen molar-refractivity contribution in [2.45, 2.75) is 12.8 Å². The lowest BCUT2D eigenvalue weighted by atomic mass is 10.4. The fourth-order valence-corrected chi connectivity index (χ4v) is 0.459. The molecule has 4 nitrogen and oxygen atoms in total. The van der Waals surface area contributed by atoms with Crippen LogP contribution < -0.4 is 11.5 Å². The Bertz CT molecular complexity index is 95.7. The van der Waals surface area contributed by atoms with Gasteiger partial charge in [-0.3, -0.25) is 4.79 Å². The van der Waals surface area contributed by atoms with Gasteiger partial charge in [0.25, 0.3) is 0 Å². The van der Waals surface area contributed by atoms with E-state index in [1.807, 2.05) is 0 Å². The molecule has 60 valence electrons. The van der Waals surface area contributed by atoms with Gasteiger partial charge in [0, 0.05) is 6.54 Å². The fourth-order valence-electron chi connectivity index (χ4n) is 0.459. The molecule has 0 spiro atoms. The second-order valence-corrected chi connectivity index (χ2v) is 1.90. The first-order valence-electron chi connectivity index (χ1n) is 3.37. The van der Waals surface area contributed by atoms with E-state index in [1.165, 1.54) is 0 Å². The van der Waals surface area contributed by atoms with Gasteiger partial charge in [-0.2, -0.15) is 0 Å². The highest BCUT2D eigenvalue weighted by Gasteiger charge is 1.98. The highest BCUT2D eigenvalue weighted by molar-refractivity contribution is 5.69. The highest BCUT2D eigenvalue weighted by atomic mass is 16.5. The van der Waals surface area contributed by atoms with Crippen molar-refractivity contribution in [3.8, 4) is 0 Å². The molecule has 0 rings (SSSR count). The Labute approximate surface area is 60.5 Å². The zero-order valence-electron chi connectivity index (χ0n) is 6.01. The van der Waals surface area contributed by atoms with Crippen LogP contribution >= 0.6 is 0 Å². The van der Waals surface area contributed by atoms with Crippen LogP contribution in [-0.2, 0) is 9.53 Å². The van der Waals surface area contributed by atoms with Crippen LogP contribution in [0.2, 0.25) is 0 Å². The smallest absolute Gasteiger partial charge is 0.307 e. The van der Waals surface area contributed by atoms with E-state index in [0.717, 1.165) is 6.42 Å². The average molecular weight is 146 g/mol. The largest absolute Gasteiger partial charge is 0.466 e. The van der Waals surface area contributed by atoms with Crippen LogP contribution in [-0.4, -0.2) is 25.7 Å². The molecular weight excluding hydrogens is 132 g/mol. The van der Waals surface area contributed by atoms with Gasteiger partial charge in [-0.05, 0) is 13.0 Å². The van der Waals surface area contributed by atoms with E-state index in [0.29, 0.717) is 26.1 Å². The Morgan fingerprint density at radius 1 is 1.30 bits per heavy atom. The maximum absolute atomic E-state index is 10.6. The van der Waals surface area contributed by atoms with Gasteiger partial charge >= 0.3 is 5.97 Å². The molecule has 10 heavy (non-hydrogen) atoms. The summed E-state index contributed by atoms with van der Waals surface area (Å²) in [5.74, 6) is -0.240. The molecule has 0 aliphatic heterocycles. The molecule has 0 bridgehead atoms. The number of carbonyl (C=O) groups is 1. The van der Waals surface area contributed by atoms with E-state index in [4.69, 9.17) is 16.2 Å². The summed E-state index contributed by atoms with van der Waals surface area (Å²) in [6.45, 7) is 1.31. The van der Waals surface area contributed by atoms with Gasteiger partial charge in [-0.15, -0.1) is 0 Å². The van der Waals surface area contributed by atoms with Crippen molar-refractivity contribution < 1.29 is 9.53 Å². The summed E-state index contributed by atoms with van der Waals surface area (Å²) in [4.78, 5) is 10.6. The number of esters is 1. The third-order valence-corrected chi connectivity index (χ3v) is 0.960. The molecule has 0 amide bonds. The van der Waals surface area contributed by atoms with Crippen LogP contribution in [0.4, 0.5) is 0 Å². The van der Waals surface area contributed by atoms with E-state index in [-0.39, 0.29) is 5.97 Å². The lowest BCUT2D eigenvalue weighted by Crippen LogP contribution is -2.13. The molecule has 4 N–H and O–H groups in total. The lowest BCUT2D eigenvalue weighted by molar-refractivity contribution is -0.143. The molecule has 0 aromatic carbocycles. The Kier molecular flexibility index (Phi) is 6.11. The van der Waals surface area contributed by atoms with Gasteiger partial charge in [0.05, 0.1) is 13.0 Å². The van der Waals surface area contributed by atoms with Gasteiger partial charge < -0.3 is 16.2 Å². The third-order valence-electron chi connectivity index (χ3n) is 0.960. The van der Waals surface area contributed by atoms with Crippen LogP contribution in [0.15, 0.2) is 0 Å². The minimum absolute atomic E-state index is 0.240. The first-order valence-corrected chi connectivity index (χ1v) is 3.37. The first kappa shape index (κ1) is 9.39. The van der Waals surface area contributed by atoms with E-state index in [9.17, 15) is 4.79 Å². The molecule has 0 unspecified atom stereocenters. The van der Waals surface area contributed by atoms with Crippen LogP contribution in [0.1, 0.15) is 12.8 Å². The topological polar surface area (TPSA) is 78.3 Å². The number of rotatable bonds is 5. The molecule has 0 aliphatic rings. The summed E-state index contributed by atoms with van der Waals surface area (Å²) in [5, 5.41) is 0. The van der Waals surface area contributed by atoms with Crippen LogP contribution in [0.25, 0.3) is 0 Å². The summed E-state index contributed by atoms with van der Waals surface area (Å²) in [6.07, 6.45) is 1.01. The summed E-state index contributed by atoms with van der Waals surface area (Å²) in [6, 6.07) is 0. The highest BCUT2D eigenvalue weighted by Crippen LogP contribution is 1.85. The maximum atomic E-state index is 10.6.